The number of thioether (sulfide) groups is 1. The van der Waals surface area contributed by atoms with Crippen LogP contribution in [0.15, 0.2) is 121 Å². The van der Waals surface area contributed by atoms with Crippen molar-refractivity contribution >= 4 is 83.1 Å². The fraction of sp³-hybridized carbons (Fsp3) is 0.625. The summed E-state index contributed by atoms with van der Waals surface area (Å²) in [7, 11) is 0. The smallest absolute Gasteiger partial charge is 0.328 e. The number of carbonyl (C=O) groups is 12. The third kappa shape index (κ3) is 39.6. The van der Waals surface area contributed by atoms with Crippen molar-refractivity contribution in [2.24, 2.45) is 0 Å². The van der Waals surface area contributed by atoms with Crippen molar-refractivity contribution in [2.75, 3.05) is 130 Å². The number of unbranched alkanes of at least 4 members (excludes halogenated alkanes) is 2. The maximum absolute atomic E-state index is 13.5. The van der Waals surface area contributed by atoms with Gasteiger partial charge in [-0.3, -0.25) is 79.7 Å². The van der Waals surface area contributed by atoms with Gasteiger partial charge in [0.15, 0.2) is 0 Å². The predicted molar refractivity (Wildman–Crippen MR) is 517 cm³/mol. The van der Waals surface area contributed by atoms with Gasteiger partial charge in [-0.15, -0.1) is 40.5 Å². The number of carboxylic acid groups (broad SMARTS) is 4. The molecule has 4 aromatic rings. The molecule has 146 heavy (non-hydrogen) atoms. The Bertz CT molecular complexity index is 4520. The average molecular weight is 2070 g/mol. The van der Waals surface area contributed by atoms with E-state index >= 15 is 0 Å². The first-order chi connectivity index (χ1) is 70.5. The Morgan fingerprint density at radius 2 is 0.534 bits per heavy atom. The third-order valence-corrected chi connectivity index (χ3v) is 26.5. The summed E-state index contributed by atoms with van der Waals surface area (Å²) in [5.41, 5.74) is 4.14. The minimum Gasteiger partial charge on any atom is -0.480 e. The topological polar surface area (TPSA) is 615 Å². The zero-order valence-electron chi connectivity index (χ0n) is 81.8. The first-order valence-electron chi connectivity index (χ1n) is 49.8. The molecule has 49 nitrogen and oxygen atoms in total. The molecule has 0 spiro atoms. The van der Waals surface area contributed by atoms with Gasteiger partial charge >= 0.3 is 47.8 Å². The quantitative estimate of drug-likeness (QED) is 0.00896. The highest BCUT2D eigenvalue weighted by Gasteiger charge is 2.48. The van der Waals surface area contributed by atoms with Crippen LogP contribution in [0, 0.1) is 40.5 Å². The number of fused-ring (bicyclic) bond motifs is 4. The predicted octanol–water partition coefficient (Wildman–Crippen LogP) is 5.45. The van der Waals surface area contributed by atoms with Crippen LogP contribution in [0.1, 0.15) is 176 Å². The molecule has 8 aliphatic rings. The number of nitrogens with one attached hydrogen (secondary N) is 4. The molecule has 0 saturated carbocycles. The first kappa shape index (κ1) is 117. The van der Waals surface area contributed by atoms with Crippen LogP contribution < -0.4 is 21.3 Å². The van der Waals surface area contributed by atoms with Crippen molar-refractivity contribution in [3.05, 3.63) is 184 Å². The molecule has 4 aromatic carbocycles. The van der Waals surface area contributed by atoms with Crippen molar-refractivity contribution in [2.45, 2.75) is 252 Å². The van der Waals surface area contributed by atoms with Crippen LogP contribution in [0.3, 0.4) is 0 Å². The minimum absolute atomic E-state index is 0.0259. The van der Waals surface area contributed by atoms with Crippen LogP contribution in [-0.4, -0.2) is 355 Å². The normalized spacial score (nSPS) is 21.1. The average Bonchev–Trinajstić information content (AvgIpc) is 1.55. The van der Waals surface area contributed by atoms with E-state index in [1.54, 1.807) is 0 Å². The van der Waals surface area contributed by atoms with Gasteiger partial charge in [-0.1, -0.05) is 121 Å². The molecule has 4 amide bonds. The number of esters is 4. The number of ether oxygens (including phenoxy) is 5. The lowest BCUT2D eigenvalue weighted by Crippen LogP contribution is -2.61. The Hall–Kier alpha value is -12.7. The number of hydrazine groups is 4. The van der Waals surface area contributed by atoms with E-state index in [1.807, 2.05) is 141 Å². The van der Waals surface area contributed by atoms with Gasteiger partial charge in [-0.05, 0) is 202 Å². The molecule has 12 unspecified atom stereocenters. The van der Waals surface area contributed by atoms with Gasteiger partial charge in [0.05, 0.1) is 63.8 Å². The number of hydrogen-bond donors (Lipinski definition) is 8. The molecule has 12 atom stereocenters. The maximum atomic E-state index is 13.5. The highest BCUT2D eigenvalue weighted by Crippen LogP contribution is 2.31. The van der Waals surface area contributed by atoms with Gasteiger partial charge < -0.3 is 63.5 Å². The van der Waals surface area contributed by atoms with Gasteiger partial charge in [-0.25, -0.2) is 39.2 Å². The van der Waals surface area contributed by atoms with E-state index in [-0.39, 0.29) is 89.7 Å². The summed E-state index contributed by atoms with van der Waals surface area (Å²) in [5, 5.41) is 101. The van der Waals surface area contributed by atoms with Gasteiger partial charge in [0.25, 0.3) is 44.0 Å². The molecule has 8 aliphatic heterocycles. The van der Waals surface area contributed by atoms with Gasteiger partial charge in [0.2, 0.25) is 0 Å². The third-order valence-electron chi connectivity index (χ3n) is 25.6. The molecule has 8 saturated heterocycles. The number of hydrogen-bond acceptors (Lipinski definition) is 38. The fourth-order valence-electron chi connectivity index (χ4n) is 18.5. The fourth-order valence-corrected chi connectivity index (χ4v) is 19.1. The molecule has 0 aliphatic carbocycles. The van der Waals surface area contributed by atoms with Crippen LogP contribution in [0.5, 0.6) is 0 Å². The summed E-state index contributed by atoms with van der Waals surface area (Å²) in [6.45, 7) is 4.61. The molecule has 50 heteroatoms. The summed E-state index contributed by atoms with van der Waals surface area (Å²) in [6, 6.07) is 29.0. The van der Waals surface area contributed by atoms with E-state index in [0.29, 0.717) is 244 Å². The van der Waals surface area contributed by atoms with Crippen LogP contribution in [-0.2, 0) is 126 Å². The van der Waals surface area contributed by atoms with Crippen molar-refractivity contribution in [3.63, 3.8) is 0 Å². The van der Waals surface area contributed by atoms with Gasteiger partial charge in [0, 0.05) is 63.9 Å². The second-order valence-electron chi connectivity index (χ2n) is 35.8. The zero-order valence-corrected chi connectivity index (χ0v) is 82.6. The number of rotatable bonds is 54. The number of carboxylic acids is 4. The summed E-state index contributed by atoms with van der Waals surface area (Å²) in [4.78, 5) is 211. The zero-order chi connectivity index (χ0) is 105. The largest absolute Gasteiger partial charge is 0.480 e. The minimum atomic E-state index is -1.04. The van der Waals surface area contributed by atoms with E-state index in [0.717, 1.165) is 22.3 Å². The van der Waals surface area contributed by atoms with Crippen molar-refractivity contribution < 1.29 is 141 Å². The van der Waals surface area contributed by atoms with Crippen molar-refractivity contribution in [1.82, 2.24) is 61.3 Å². The van der Waals surface area contributed by atoms with Crippen molar-refractivity contribution in [3.8, 4) is 0 Å². The number of aryl methyl sites for hydroxylation is 4. The van der Waals surface area contributed by atoms with E-state index in [9.17, 15) is 118 Å². The molecular formula is C96H136N16O33S. The van der Waals surface area contributed by atoms with E-state index in [1.165, 1.54) is 31.8 Å². The Balaban J connectivity index is 0.000000217. The number of nitrogens with zero attached hydrogens (tertiary/aromatic N) is 12. The summed E-state index contributed by atoms with van der Waals surface area (Å²) < 4.78 is 26.8. The van der Waals surface area contributed by atoms with Crippen LogP contribution in [0.4, 0.5) is 0 Å². The molecule has 0 bridgehead atoms. The molecule has 0 aromatic heterocycles. The van der Waals surface area contributed by atoms with Crippen LogP contribution in [0.25, 0.3) is 0 Å². The highest BCUT2D eigenvalue weighted by atomic mass is 32.2. The Morgan fingerprint density at radius 3 is 0.801 bits per heavy atom. The van der Waals surface area contributed by atoms with Crippen molar-refractivity contribution in [1.29, 1.82) is 0 Å². The summed E-state index contributed by atoms with van der Waals surface area (Å²) in [6.07, 6.45) is 14.4. The van der Waals surface area contributed by atoms with E-state index < -0.39 is 141 Å². The number of benzene rings is 4. The lowest BCUT2D eigenvalue weighted by molar-refractivity contribution is -0.758. The number of aliphatic carboxylic acids is 4. The second-order valence-corrected chi connectivity index (χ2v) is 37.0. The van der Waals surface area contributed by atoms with E-state index in [4.69, 9.17) is 23.7 Å². The molecular weight excluding hydrogens is 1940 g/mol. The second kappa shape index (κ2) is 63.7. The molecule has 8 N–H and O–H groups in total. The van der Waals surface area contributed by atoms with Crippen LogP contribution in [0.2, 0.25) is 0 Å². The molecule has 12 rings (SSSR count). The Labute approximate surface area is 848 Å². The summed E-state index contributed by atoms with van der Waals surface area (Å²) >= 11 is 1.36. The van der Waals surface area contributed by atoms with E-state index in [2.05, 4.69) is 40.6 Å². The summed E-state index contributed by atoms with van der Waals surface area (Å²) in [5.74, 6) is -6.71. The Kier molecular flexibility index (Phi) is 51.0. The standard InChI is InChI=1S/C24H34N4O9.C24H34N4O8S.2C24H34N4O8/c29-22-19(8-4-12-26-13-5-9-21(23(30)31)27(22)26)25-20(11-10-18-6-2-1-3-7-18)24(32)36-16-14-35-15-17-37-28(33)34;29-22-19(8-4-12-26-13-5-9-21(23(30)31)27(22)26)25-20(11-10-18-6-2-1-3-7-18)24(32)35-14-16-37-17-15-36-28(33)34;2*29-22-19(10-6-14-26-15-7-11-21(23(30)31)27(22)26)25-20(13-12-18-8-2-1-3-9-18)24(32)35-16-4-5-17-36-28(33)34/h2*1-3,6-7,19-21,25H,4-5,8-17H2,(H,30,31);2*1-3,8-9,19-21,25H,4-7,10-17H2,(H,30,31). The number of amides is 4. The molecule has 804 valence electrons. The first-order valence-corrected chi connectivity index (χ1v) is 51.0. The Morgan fingerprint density at radius 1 is 0.308 bits per heavy atom. The lowest BCUT2D eigenvalue weighted by atomic mass is 10.0. The molecule has 8 fully saturated rings. The maximum Gasteiger partial charge on any atom is 0.328 e. The lowest BCUT2D eigenvalue weighted by Gasteiger charge is -2.42. The molecule has 8 heterocycles. The monoisotopic (exact) mass is 2070 g/mol. The van der Waals surface area contributed by atoms with Gasteiger partial charge in [-0.2, -0.15) is 11.8 Å². The highest BCUT2D eigenvalue weighted by molar-refractivity contribution is 7.99. The van der Waals surface area contributed by atoms with Gasteiger partial charge in [0.1, 0.15) is 74.8 Å². The molecule has 0 radical (unpaired) electrons. The SMILES string of the molecule is O=C(OCCCCO[N+](=O)[O-])C(CCc1ccccc1)NC1CCCN2CCCC(C(=O)O)N2C1=O.O=C(OCCCCO[N+](=O)[O-])C(CCc1ccccc1)NC1CCCN2CCCC(C(=O)O)N2C1=O.O=C(OCCOCCO[N+](=O)[O-])C(CCc1ccccc1)NC1CCCN2CCCC(C(=O)O)N2C1=O.O=C(OCCSCCO[N+](=O)[O-])C(CCc1ccccc1)NC1CCCN2CCCC(C(=O)O)N2C1=O. The van der Waals surface area contributed by atoms with Crippen LogP contribution >= 0.6 is 11.8 Å². The number of carbonyl (C=O) groups excluding carboxylic acids is 8.